The van der Waals surface area contributed by atoms with Gasteiger partial charge in [0.1, 0.15) is 12.4 Å². The van der Waals surface area contributed by atoms with Crippen molar-refractivity contribution in [3.63, 3.8) is 0 Å². The van der Waals surface area contributed by atoms with Crippen LogP contribution in [0.15, 0.2) is 30.7 Å². The molecule has 1 N–H and O–H groups in total. The third kappa shape index (κ3) is 4.74. The molecule has 1 aromatic carbocycles. The van der Waals surface area contributed by atoms with Gasteiger partial charge in [0, 0.05) is 37.8 Å². The van der Waals surface area contributed by atoms with E-state index in [0.717, 1.165) is 23.6 Å². The van der Waals surface area contributed by atoms with Crippen LogP contribution in [0, 0.1) is 0 Å². The molecule has 0 unspecified atom stereocenters. The lowest BCUT2D eigenvalue weighted by Crippen LogP contribution is -2.19. The summed E-state index contributed by atoms with van der Waals surface area (Å²) in [7, 11) is 3.63. The number of halogens is 1. The highest BCUT2D eigenvalue weighted by Crippen LogP contribution is 2.23. The van der Waals surface area contributed by atoms with Gasteiger partial charge in [-0.3, -0.25) is 0 Å². The zero-order valence-corrected chi connectivity index (χ0v) is 13.1. The Morgan fingerprint density at radius 1 is 1.38 bits per heavy atom. The third-order valence-corrected chi connectivity index (χ3v) is 3.35. The molecule has 0 saturated carbocycles. The highest BCUT2D eigenvalue weighted by molar-refractivity contribution is 6.30. The summed E-state index contributed by atoms with van der Waals surface area (Å²) in [6, 6.07) is 5.64. The highest BCUT2D eigenvalue weighted by Gasteiger charge is 2.06. The fourth-order valence-corrected chi connectivity index (χ4v) is 2.09. The molecule has 0 atom stereocenters. The van der Waals surface area contributed by atoms with E-state index in [2.05, 4.69) is 10.3 Å². The molecule has 0 amide bonds. The molecule has 2 aromatic rings. The van der Waals surface area contributed by atoms with Crippen LogP contribution in [0.5, 0.6) is 5.75 Å². The van der Waals surface area contributed by atoms with Gasteiger partial charge in [0.2, 0.25) is 0 Å². The Kier molecular flexibility index (Phi) is 6.04. The maximum absolute atomic E-state index is 6.06. The van der Waals surface area contributed by atoms with Gasteiger partial charge < -0.3 is 19.4 Å². The summed E-state index contributed by atoms with van der Waals surface area (Å²) in [5.41, 5.74) is 2.05. The van der Waals surface area contributed by atoms with Crippen LogP contribution in [0.4, 0.5) is 0 Å². The first kappa shape index (κ1) is 15.8. The lowest BCUT2D eigenvalue weighted by atomic mass is 10.2. The molecule has 0 aliphatic heterocycles. The van der Waals surface area contributed by atoms with E-state index in [1.165, 1.54) is 0 Å². The van der Waals surface area contributed by atoms with Crippen LogP contribution in [0.3, 0.4) is 0 Å². The van der Waals surface area contributed by atoms with Crippen LogP contribution < -0.4 is 10.1 Å². The van der Waals surface area contributed by atoms with Gasteiger partial charge in [-0.2, -0.15) is 0 Å². The summed E-state index contributed by atoms with van der Waals surface area (Å²) in [6.07, 6.45) is 3.56. The van der Waals surface area contributed by atoms with Crippen LogP contribution in [-0.4, -0.2) is 29.8 Å². The first-order chi connectivity index (χ1) is 10.2. The van der Waals surface area contributed by atoms with Crippen LogP contribution in [0.1, 0.15) is 11.3 Å². The number of hydrogen-bond acceptors (Lipinski definition) is 4. The predicted molar refractivity (Wildman–Crippen MR) is 82.6 cm³/mol. The number of nitrogens with one attached hydrogen (secondary N) is 1. The average molecular weight is 310 g/mol. The zero-order valence-electron chi connectivity index (χ0n) is 12.3. The highest BCUT2D eigenvalue weighted by atomic mass is 35.5. The zero-order chi connectivity index (χ0) is 15.1. The van der Waals surface area contributed by atoms with Crippen molar-refractivity contribution in [1.29, 1.82) is 0 Å². The maximum atomic E-state index is 6.06. The number of aryl methyl sites for hydroxylation is 1. The second-order valence-corrected chi connectivity index (χ2v) is 5.14. The number of hydrogen-bond donors (Lipinski definition) is 1. The molecule has 114 valence electrons. The van der Waals surface area contributed by atoms with Crippen molar-refractivity contribution in [3.05, 3.63) is 47.0 Å². The van der Waals surface area contributed by atoms with Crippen molar-refractivity contribution in [3.8, 4) is 5.75 Å². The Balaban J connectivity index is 1.99. The minimum Gasteiger partial charge on any atom is -0.487 e. The molecular weight excluding hydrogens is 290 g/mol. The van der Waals surface area contributed by atoms with E-state index in [9.17, 15) is 0 Å². The number of benzene rings is 1. The van der Waals surface area contributed by atoms with E-state index in [0.29, 0.717) is 24.8 Å². The number of imidazole rings is 1. The van der Waals surface area contributed by atoms with Gasteiger partial charge in [-0.25, -0.2) is 4.98 Å². The first-order valence-corrected chi connectivity index (χ1v) is 7.14. The standard InChI is InChI=1S/C15H20ClN3O2/c1-19-11-18-9-14(19)10-21-15-4-3-13(16)7-12(15)8-17-5-6-20-2/h3-4,7,9,11,17H,5-6,8,10H2,1-2H3. The van der Waals surface area contributed by atoms with Crippen molar-refractivity contribution in [2.45, 2.75) is 13.2 Å². The molecule has 0 aliphatic carbocycles. The number of rotatable bonds is 8. The largest absolute Gasteiger partial charge is 0.487 e. The maximum Gasteiger partial charge on any atom is 0.130 e. The molecule has 21 heavy (non-hydrogen) atoms. The SMILES string of the molecule is COCCNCc1cc(Cl)ccc1OCc1cncn1C. The van der Waals surface area contributed by atoms with E-state index in [1.807, 2.05) is 29.8 Å². The van der Waals surface area contributed by atoms with Crippen molar-refractivity contribution in [1.82, 2.24) is 14.9 Å². The number of nitrogens with zero attached hydrogens (tertiary/aromatic N) is 2. The molecule has 0 fully saturated rings. The normalized spacial score (nSPS) is 10.8. The van der Waals surface area contributed by atoms with Crippen LogP contribution in [0.2, 0.25) is 5.02 Å². The van der Waals surface area contributed by atoms with E-state index >= 15 is 0 Å². The molecule has 0 bridgehead atoms. The molecule has 6 heteroatoms. The van der Waals surface area contributed by atoms with Crippen molar-refractivity contribution in [2.24, 2.45) is 7.05 Å². The topological polar surface area (TPSA) is 48.3 Å². The summed E-state index contributed by atoms with van der Waals surface area (Å²) >= 11 is 6.06. The minimum absolute atomic E-state index is 0.475. The molecule has 2 rings (SSSR count). The van der Waals surface area contributed by atoms with E-state index in [4.69, 9.17) is 21.1 Å². The Labute approximate surface area is 129 Å². The van der Waals surface area contributed by atoms with E-state index in [-0.39, 0.29) is 0 Å². The Bertz CT molecular complexity index is 572. The summed E-state index contributed by atoms with van der Waals surface area (Å²) < 4.78 is 12.8. The van der Waals surface area contributed by atoms with Gasteiger partial charge in [0.05, 0.1) is 24.8 Å². The van der Waals surface area contributed by atoms with Crippen molar-refractivity contribution in [2.75, 3.05) is 20.3 Å². The molecule has 5 nitrogen and oxygen atoms in total. The molecule has 0 aliphatic rings. The Hall–Kier alpha value is -1.56. The van der Waals surface area contributed by atoms with Gasteiger partial charge in [-0.15, -0.1) is 0 Å². The third-order valence-electron chi connectivity index (χ3n) is 3.11. The summed E-state index contributed by atoms with van der Waals surface area (Å²) in [6.45, 7) is 2.61. The summed E-state index contributed by atoms with van der Waals surface area (Å²) in [4.78, 5) is 4.08. The molecular formula is C15H20ClN3O2. The van der Waals surface area contributed by atoms with E-state index < -0.39 is 0 Å². The lowest BCUT2D eigenvalue weighted by molar-refractivity contribution is 0.199. The van der Waals surface area contributed by atoms with Gasteiger partial charge in [0.15, 0.2) is 0 Å². The Morgan fingerprint density at radius 3 is 2.95 bits per heavy atom. The number of aromatic nitrogens is 2. The number of ether oxygens (including phenoxy) is 2. The average Bonchev–Trinajstić information content (AvgIpc) is 2.88. The first-order valence-electron chi connectivity index (χ1n) is 6.77. The second-order valence-electron chi connectivity index (χ2n) is 4.71. The molecule has 0 saturated heterocycles. The van der Waals surface area contributed by atoms with Crippen molar-refractivity contribution < 1.29 is 9.47 Å². The smallest absolute Gasteiger partial charge is 0.130 e. The quantitative estimate of drug-likeness (QED) is 0.761. The fraction of sp³-hybridized carbons (Fsp3) is 0.400. The molecule has 1 heterocycles. The van der Waals surface area contributed by atoms with Gasteiger partial charge in [-0.1, -0.05) is 11.6 Å². The molecule has 0 spiro atoms. The summed E-state index contributed by atoms with van der Waals surface area (Å²) in [5, 5.41) is 3.99. The second kappa shape index (κ2) is 8.02. The lowest BCUT2D eigenvalue weighted by Gasteiger charge is -2.13. The minimum atomic E-state index is 0.475. The molecule has 0 radical (unpaired) electrons. The van der Waals surface area contributed by atoms with Crippen LogP contribution in [-0.2, 0) is 24.9 Å². The molecule has 1 aromatic heterocycles. The number of methoxy groups -OCH3 is 1. The van der Waals surface area contributed by atoms with Crippen LogP contribution >= 0.6 is 11.6 Å². The van der Waals surface area contributed by atoms with Crippen molar-refractivity contribution >= 4 is 11.6 Å². The van der Waals surface area contributed by atoms with Gasteiger partial charge in [-0.05, 0) is 18.2 Å². The van der Waals surface area contributed by atoms with Gasteiger partial charge >= 0.3 is 0 Å². The van der Waals surface area contributed by atoms with Gasteiger partial charge in [0.25, 0.3) is 0 Å². The van der Waals surface area contributed by atoms with Crippen LogP contribution in [0.25, 0.3) is 0 Å². The predicted octanol–water partition coefficient (Wildman–Crippen LogP) is 2.39. The Morgan fingerprint density at radius 2 is 2.24 bits per heavy atom. The monoisotopic (exact) mass is 309 g/mol. The fourth-order valence-electron chi connectivity index (χ4n) is 1.90. The van der Waals surface area contributed by atoms with E-state index in [1.54, 1.807) is 19.6 Å². The summed E-state index contributed by atoms with van der Waals surface area (Å²) in [5.74, 6) is 0.825.